The number of amides is 1. The molecule has 1 amide bonds. The fraction of sp³-hybridized carbons (Fsp3) is 0.440. The Morgan fingerprint density at radius 2 is 1.88 bits per heavy atom. The van der Waals surface area contributed by atoms with Crippen LogP contribution in [0.25, 0.3) is 5.57 Å². The summed E-state index contributed by atoms with van der Waals surface area (Å²) in [5.74, 6) is 0.404. The molecule has 1 N–H and O–H groups in total. The van der Waals surface area contributed by atoms with Crippen LogP contribution in [0.1, 0.15) is 67.7 Å². The monoisotopic (exact) mass is 465 g/mol. The van der Waals surface area contributed by atoms with Gasteiger partial charge in [0.25, 0.3) is 5.91 Å². The van der Waals surface area contributed by atoms with E-state index in [1.807, 2.05) is 19.1 Å². The summed E-state index contributed by atoms with van der Waals surface area (Å²) in [4.78, 5) is 33.9. The molecule has 7 nitrogen and oxygen atoms in total. The van der Waals surface area contributed by atoms with Crippen LogP contribution in [-0.2, 0) is 19.4 Å². The van der Waals surface area contributed by atoms with Crippen LogP contribution in [-0.4, -0.2) is 35.3 Å². The molecule has 5 rings (SSSR count). The Morgan fingerprint density at radius 1 is 1.09 bits per heavy atom. The predicted octanol–water partition coefficient (Wildman–Crippen LogP) is 3.99. The lowest BCUT2D eigenvalue weighted by molar-refractivity contribution is -0.117. The number of allylic oxidation sites excluding steroid dienone is 1. The molecule has 3 fully saturated rings. The lowest BCUT2D eigenvalue weighted by Crippen LogP contribution is -2.17. The van der Waals surface area contributed by atoms with Gasteiger partial charge in [-0.3, -0.25) is 14.6 Å². The number of hydrogen-bond acceptors (Lipinski definition) is 6. The van der Waals surface area contributed by atoms with Crippen molar-refractivity contribution in [3.05, 3.63) is 53.5 Å². The van der Waals surface area contributed by atoms with E-state index in [-0.39, 0.29) is 28.8 Å². The summed E-state index contributed by atoms with van der Waals surface area (Å²) in [5.41, 5.74) is 2.67. The number of Topliss-reactive ketones (excluding diaryl/α,β-unsaturated/α-hetero) is 1. The summed E-state index contributed by atoms with van der Waals surface area (Å²) < 4.78 is 26.0. The zero-order chi connectivity index (χ0) is 23.2. The van der Waals surface area contributed by atoms with Crippen molar-refractivity contribution in [2.75, 3.05) is 5.32 Å². The van der Waals surface area contributed by atoms with Crippen molar-refractivity contribution in [3.8, 4) is 0 Å². The van der Waals surface area contributed by atoms with E-state index in [4.69, 9.17) is 0 Å². The van der Waals surface area contributed by atoms with E-state index >= 15 is 0 Å². The third-order valence-corrected chi connectivity index (χ3v) is 8.89. The molecule has 0 saturated heterocycles. The molecule has 1 atom stereocenters. The molecule has 172 valence electrons. The second-order valence-electron chi connectivity index (χ2n) is 9.39. The largest absolute Gasteiger partial charge is 0.305 e. The Hall–Kier alpha value is -2.87. The number of anilines is 1. The Bertz CT molecular complexity index is 1240. The van der Waals surface area contributed by atoms with E-state index in [1.165, 1.54) is 6.20 Å². The quantitative estimate of drug-likeness (QED) is 0.620. The van der Waals surface area contributed by atoms with Gasteiger partial charge in [-0.2, -0.15) is 0 Å². The lowest BCUT2D eigenvalue weighted by Gasteiger charge is -2.15. The number of sulfone groups is 1. The van der Waals surface area contributed by atoms with E-state index < -0.39 is 9.84 Å². The van der Waals surface area contributed by atoms with Crippen molar-refractivity contribution in [1.82, 2.24) is 9.97 Å². The number of aryl methyl sites for hydroxylation is 1. The van der Waals surface area contributed by atoms with Crippen LogP contribution in [0.5, 0.6) is 0 Å². The van der Waals surface area contributed by atoms with Crippen LogP contribution >= 0.6 is 0 Å². The minimum atomic E-state index is -3.33. The topological polar surface area (TPSA) is 106 Å². The van der Waals surface area contributed by atoms with E-state index in [9.17, 15) is 18.0 Å². The van der Waals surface area contributed by atoms with Gasteiger partial charge in [-0.15, -0.1) is 0 Å². The van der Waals surface area contributed by atoms with Crippen LogP contribution in [0.4, 0.5) is 5.82 Å². The number of benzene rings is 1. The maximum Gasteiger partial charge on any atom is 0.257 e. The minimum absolute atomic E-state index is 0.0124. The lowest BCUT2D eigenvalue weighted by atomic mass is 9.95. The van der Waals surface area contributed by atoms with E-state index in [1.54, 1.807) is 18.3 Å². The van der Waals surface area contributed by atoms with E-state index in [0.29, 0.717) is 41.1 Å². The highest BCUT2D eigenvalue weighted by Gasteiger charge is 2.40. The van der Waals surface area contributed by atoms with Gasteiger partial charge in [0, 0.05) is 18.4 Å². The molecule has 0 radical (unpaired) electrons. The third kappa shape index (κ3) is 4.76. The standard InChI is InChI=1S/C25H27N3O4S/c1-15-13-27-24(14-26-15)28-25(30)22(11-16-2-6-19(29)10-16)18-5-9-23(21(12-18)17-3-4-17)33(31,32)20-7-8-20/h5,9,11-14,16-17,20H,2-4,6-8,10H2,1H3,(H,27,28,30)/t16-/m1/s1. The molecule has 8 heteroatoms. The average molecular weight is 466 g/mol. The Balaban J connectivity index is 1.52. The average Bonchev–Trinajstić information content (AvgIpc) is 3.70. The summed E-state index contributed by atoms with van der Waals surface area (Å²) in [5, 5.41) is 2.53. The van der Waals surface area contributed by atoms with Gasteiger partial charge in [0.1, 0.15) is 5.78 Å². The highest BCUT2D eigenvalue weighted by Crippen LogP contribution is 2.46. The van der Waals surface area contributed by atoms with E-state index in [0.717, 1.165) is 36.9 Å². The van der Waals surface area contributed by atoms with E-state index in [2.05, 4.69) is 15.3 Å². The molecule has 0 aliphatic heterocycles. The van der Waals surface area contributed by atoms with Gasteiger partial charge in [0.15, 0.2) is 15.7 Å². The summed E-state index contributed by atoms with van der Waals surface area (Å²) in [6.45, 7) is 1.82. The Kier molecular flexibility index (Phi) is 5.64. The van der Waals surface area contributed by atoms with Crippen molar-refractivity contribution in [1.29, 1.82) is 0 Å². The Labute approximate surface area is 193 Å². The van der Waals surface area contributed by atoms with Crippen molar-refractivity contribution < 1.29 is 18.0 Å². The summed E-state index contributed by atoms with van der Waals surface area (Å²) in [6.07, 6.45) is 9.95. The number of nitrogens with zero attached hydrogens (tertiary/aromatic N) is 2. The van der Waals surface area contributed by atoms with Gasteiger partial charge in [0.2, 0.25) is 0 Å². The highest BCUT2D eigenvalue weighted by molar-refractivity contribution is 7.92. The van der Waals surface area contributed by atoms with Crippen LogP contribution in [0.2, 0.25) is 0 Å². The third-order valence-electron chi connectivity index (χ3n) is 6.56. The molecule has 3 saturated carbocycles. The van der Waals surface area contributed by atoms with Gasteiger partial charge in [-0.1, -0.05) is 12.1 Å². The molecule has 2 aromatic rings. The molecule has 3 aliphatic rings. The number of rotatable bonds is 7. The zero-order valence-electron chi connectivity index (χ0n) is 18.6. The molecule has 1 aromatic heterocycles. The molecule has 0 bridgehead atoms. The maximum atomic E-state index is 13.3. The summed E-state index contributed by atoms with van der Waals surface area (Å²) in [6, 6.07) is 5.27. The SMILES string of the molecule is Cc1cnc(NC(=O)C(=C[C@@H]2CCC(=O)C2)c2ccc(S(=O)(=O)C3CC3)c(C3CC3)c2)cn1. The first-order valence-electron chi connectivity index (χ1n) is 11.5. The molecule has 0 spiro atoms. The maximum absolute atomic E-state index is 13.3. The number of hydrogen-bond donors (Lipinski definition) is 1. The zero-order valence-corrected chi connectivity index (χ0v) is 19.4. The number of carbonyl (C=O) groups is 2. The number of aromatic nitrogens is 2. The second kappa shape index (κ2) is 8.48. The molecular weight excluding hydrogens is 438 g/mol. The van der Waals surface area contributed by atoms with Crippen molar-refractivity contribution >= 4 is 32.9 Å². The van der Waals surface area contributed by atoms with Gasteiger partial charge >= 0.3 is 0 Å². The number of carbonyl (C=O) groups excluding carboxylic acids is 2. The van der Waals surface area contributed by atoms with Crippen LogP contribution in [0.3, 0.4) is 0 Å². The first kappa shape index (κ1) is 21.9. The van der Waals surface area contributed by atoms with Gasteiger partial charge < -0.3 is 5.32 Å². The van der Waals surface area contributed by atoms with Gasteiger partial charge in [-0.25, -0.2) is 13.4 Å². The fourth-order valence-electron chi connectivity index (χ4n) is 4.41. The fourth-order valence-corrected chi connectivity index (χ4v) is 6.34. The first-order valence-corrected chi connectivity index (χ1v) is 13.1. The van der Waals surface area contributed by atoms with Crippen molar-refractivity contribution in [2.45, 2.75) is 67.9 Å². The summed E-state index contributed by atoms with van der Waals surface area (Å²) >= 11 is 0. The Morgan fingerprint density at radius 3 is 2.48 bits per heavy atom. The normalized spacial score (nSPS) is 21.3. The summed E-state index contributed by atoms with van der Waals surface area (Å²) in [7, 11) is -3.33. The first-order chi connectivity index (χ1) is 15.8. The van der Waals surface area contributed by atoms with Crippen molar-refractivity contribution in [3.63, 3.8) is 0 Å². The predicted molar refractivity (Wildman–Crippen MR) is 124 cm³/mol. The molecule has 0 unspecified atom stereocenters. The van der Waals surface area contributed by atoms with Gasteiger partial charge in [-0.05, 0) is 74.1 Å². The van der Waals surface area contributed by atoms with Crippen LogP contribution in [0.15, 0.2) is 41.6 Å². The van der Waals surface area contributed by atoms with Crippen LogP contribution < -0.4 is 5.32 Å². The van der Waals surface area contributed by atoms with Gasteiger partial charge in [0.05, 0.1) is 28.2 Å². The molecule has 1 heterocycles. The number of nitrogens with one attached hydrogen (secondary N) is 1. The molecular formula is C25H27N3O4S. The molecule has 3 aliphatic carbocycles. The van der Waals surface area contributed by atoms with Crippen LogP contribution in [0, 0.1) is 12.8 Å². The number of ketones is 1. The minimum Gasteiger partial charge on any atom is -0.305 e. The smallest absolute Gasteiger partial charge is 0.257 e. The second-order valence-corrected chi connectivity index (χ2v) is 11.6. The van der Waals surface area contributed by atoms with Crippen molar-refractivity contribution in [2.24, 2.45) is 5.92 Å². The highest BCUT2D eigenvalue weighted by atomic mass is 32.2. The molecule has 33 heavy (non-hydrogen) atoms. The molecule has 1 aromatic carbocycles.